The predicted octanol–water partition coefficient (Wildman–Crippen LogP) is 3.20. The molecule has 3 aromatic rings. The number of nitrogens with one attached hydrogen (secondary N) is 1. The summed E-state index contributed by atoms with van der Waals surface area (Å²) in [4.78, 5) is 16.9. The average molecular weight is 391 g/mol. The Labute approximate surface area is 173 Å². The summed E-state index contributed by atoms with van der Waals surface area (Å²) in [5.41, 5.74) is 10.5. The molecule has 0 saturated carbocycles. The van der Waals surface area contributed by atoms with E-state index in [-0.39, 0.29) is 11.3 Å². The molecule has 29 heavy (non-hydrogen) atoms. The van der Waals surface area contributed by atoms with Gasteiger partial charge in [0.25, 0.3) is 0 Å². The summed E-state index contributed by atoms with van der Waals surface area (Å²) in [5.74, 6) is -0.149. The fourth-order valence-corrected chi connectivity index (χ4v) is 3.58. The molecular weight excluding hydrogens is 360 g/mol. The smallest absolute Gasteiger partial charge is 0.237 e. The maximum Gasteiger partial charge on any atom is 0.237 e. The van der Waals surface area contributed by atoms with Crippen molar-refractivity contribution in [3.63, 3.8) is 0 Å². The highest BCUT2D eigenvalue weighted by Gasteiger charge is 2.24. The van der Waals surface area contributed by atoms with Crippen molar-refractivity contribution in [2.45, 2.75) is 45.2 Å². The molecule has 1 atom stereocenters. The molecular formula is C24H30N4O. The van der Waals surface area contributed by atoms with Gasteiger partial charge in [0.1, 0.15) is 0 Å². The molecule has 5 heteroatoms. The van der Waals surface area contributed by atoms with Crippen LogP contribution in [0.1, 0.15) is 36.2 Å². The third-order valence-corrected chi connectivity index (χ3v) is 5.24. The fourth-order valence-electron chi connectivity index (χ4n) is 3.58. The molecule has 0 aliphatic heterocycles. The number of hydrogen-bond donors (Lipinski definition) is 2. The van der Waals surface area contributed by atoms with E-state index < -0.39 is 6.04 Å². The summed E-state index contributed by atoms with van der Waals surface area (Å²) < 4.78 is 2.01. The van der Waals surface area contributed by atoms with Gasteiger partial charge in [0.15, 0.2) is 0 Å². The van der Waals surface area contributed by atoms with Gasteiger partial charge in [0.2, 0.25) is 5.91 Å². The van der Waals surface area contributed by atoms with Crippen LogP contribution in [-0.4, -0.2) is 28.0 Å². The number of carbonyl (C=O) groups is 1. The van der Waals surface area contributed by atoms with Gasteiger partial charge in [-0.1, -0.05) is 68.4 Å². The van der Waals surface area contributed by atoms with E-state index in [1.165, 1.54) is 16.7 Å². The standard InChI is InChI=1S/C24H30N4O/c1-18-9-7-8-12-21(18)24(2,3)16-26-23(29)22(25)13-20-15-28(17-27-20)14-19-10-5-4-6-11-19/h4-12,15,17,22H,13-14,16,25H2,1-3H3,(H,26,29)/t22-/m0/s1. The number of imidazole rings is 1. The molecule has 0 radical (unpaired) electrons. The van der Waals surface area contributed by atoms with Crippen LogP contribution in [0.5, 0.6) is 0 Å². The van der Waals surface area contributed by atoms with Crippen LogP contribution in [-0.2, 0) is 23.2 Å². The lowest BCUT2D eigenvalue weighted by Gasteiger charge is -2.28. The number of benzene rings is 2. The minimum absolute atomic E-state index is 0.149. The van der Waals surface area contributed by atoms with Crippen molar-refractivity contribution < 1.29 is 4.79 Å². The predicted molar refractivity (Wildman–Crippen MR) is 117 cm³/mol. The van der Waals surface area contributed by atoms with Gasteiger partial charge in [-0.15, -0.1) is 0 Å². The third kappa shape index (κ3) is 5.55. The molecule has 0 bridgehead atoms. The van der Waals surface area contributed by atoms with E-state index in [0.29, 0.717) is 13.0 Å². The van der Waals surface area contributed by atoms with Gasteiger partial charge in [0.05, 0.1) is 18.1 Å². The number of amides is 1. The monoisotopic (exact) mass is 390 g/mol. The minimum Gasteiger partial charge on any atom is -0.354 e. The van der Waals surface area contributed by atoms with Gasteiger partial charge in [-0.3, -0.25) is 4.79 Å². The number of rotatable bonds is 8. The molecule has 0 spiro atoms. The zero-order chi connectivity index (χ0) is 20.9. The number of carbonyl (C=O) groups excluding carboxylic acids is 1. The van der Waals surface area contributed by atoms with Crippen LogP contribution in [0.4, 0.5) is 0 Å². The summed E-state index contributed by atoms with van der Waals surface area (Å²) >= 11 is 0. The zero-order valence-corrected chi connectivity index (χ0v) is 17.4. The Bertz CT molecular complexity index is 946. The number of hydrogen-bond acceptors (Lipinski definition) is 3. The van der Waals surface area contributed by atoms with E-state index in [2.05, 4.69) is 55.3 Å². The molecule has 3 rings (SSSR count). The van der Waals surface area contributed by atoms with Crippen LogP contribution in [0.15, 0.2) is 67.1 Å². The van der Waals surface area contributed by atoms with E-state index in [0.717, 1.165) is 12.2 Å². The summed E-state index contributed by atoms with van der Waals surface area (Å²) in [5, 5.41) is 3.02. The maximum atomic E-state index is 12.5. The molecule has 0 aliphatic carbocycles. The molecule has 2 aromatic carbocycles. The first-order valence-corrected chi connectivity index (χ1v) is 9.99. The van der Waals surface area contributed by atoms with Crippen molar-refractivity contribution in [3.05, 3.63) is 89.5 Å². The molecule has 1 aromatic heterocycles. The zero-order valence-electron chi connectivity index (χ0n) is 17.4. The normalized spacial score (nSPS) is 12.6. The summed E-state index contributed by atoms with van der Waals surface area (Å²) in [7, 11) is 0. The Morgan fingerprint density at radius 3 is 2.55 bits per heavy atom. The van der Waals surface area contributed by atoms with Crippen molar-refractivity contribution in [2.75, 3.05) is 6.54 Å². The second-order valence-electron chi connectivity index (χ2n) is 8.25. The van der Waals surface area contributed by atoms with Gasteiger partial charge in [-0.05, 0) is 23.6 Å². The minimum atomic E-state index is -0.622. The van der Waals surface area contributed by atoms with Crippen molar-refractivity contribution >= 4 is 5.91 Å². The van der Waals surface area contributed by atoms with Crippen LogP contribution in [0.2, 0.25) is 0 Å². The maximum absolute atomic E-state index is 12.5. The summed E-state index contributed by atoms with van der Waals surface area (Å²) in [6.07, 6.45) is 4.16. The van der Waals surface area contributed by atoms with E-state index >= 15 is 0 Å². The van der Waals surface area contributed by atoms with E-state index in [1.54, 1.807) is 6.33 Å². The lowest BCUT2D eigenvalue weighted by molar-refractivity contribution is -0.122. The molecule has 0 saturated heterocycles. The van der Waals surface area contributed by atoms with Gasteiger partial charge >= 0.3 is 0 Å². The molecule has 5 nitrogen and oxygen atoms in total. The highest BCUT2D eigenvalue weighted by atomic mass is 16.2. The Kier molecular flexibility index (Phi) is 6.49. The van der Waals surface area contributed by atoms with Crippen LogP contribution in [0, 0.1) is 6.92 Å². The summed E-state index contributed by atoms with van der Waals surface area (Å²) in [6, 6.07) is 17.8. The van der Waals surface area contributed by atoms with Crippen molar-refractivity contribution in [3.8, 4) is 0 Å². The van der Waals surface area contributed by atoms with Crippen LogP contribution in [0.25, 0.3) is 0 Å². The lowest BCUT2D eigenvalue weighted by Crippen LogP contribution is -2.46. The number of aromatic nitrogens is 2. The second-order valence-corrected chi connectivity index (χ2v) is 8.25. The molecule has 1 amide bonds. The second kappa shape index (κ2) is 9.05. The number of nitrogens with two attached hydrogens (primary N) is 1. The molecule has 0 unspecified atom stereocenters. The van der Waals surface area contributed by atoms with E-state index in [9.17, 15) is 4.79 Å². The van der Waals surface area contributed by atoms with Crippen LogP contribution >= 0.6 is 0 Å². The molecule has 3 N–H and O–H groups in total. The third-order valence-electron chi connectivity index (χ3n) is 5.24. The van der Waals surface area contributed by atoms with Crippen LogP contribution < -0.4 is 11.1 Å². The van der Waals surface area contributed by atoms with Gasteiger partial charge in [-0.2, -0.15) is 0 Å². The van der Waals surface area contributed by atoms with Crippen molar-refractivity contribution in [1.29, 1.82) is 0 Å². The Balaban J connectivity index is 1.54. The highest BCUT2D eigenvalue weighted by Crippen LogP contribution is 2.25. The van der Waals surface area contributed by atoms with Gasteiger partial charge < -0.3 is 15.6 Å². The van der Waals surface area contributed by atoms with Crippen LogP contribution in [0.3, 0.4) is 0 Å². The molecule has 1 heterocycles. The molecule has 0 aliphatic rings. The van der Waals surface area contributed by atoms with Gasteiger partial charge in [-0.25, -0.2) is 4.98 Å². The quantitative estimate of drug-likeness (QED) is 0.620. The van der Waals surface area contributed by atoms with Crippen molar-refractivity contribution in [1.82, 2.24) is 14.9 Å². The molecule has 0 fully saturated rings. The number of aryl methyl sites for hydroxylation is 1. The first-order valence-electron chi connectivity index (χ1n) is 9.99. The Hall–Kier alpha value is -2.92. The SMILES string of the molecule is Cc1ccccc1C(C)(C)CNC(=O)[C@@H](N)Cc1cn(Cc2ccccc2)cn1. The molecule has 152 valence electrons. The lowest BCUT2D eigenvalue weighted by atomic mass is 9.82. The Morgan fingerprint density at radius 1 is 1.14 bits per heavy atom. The first-order chi connectivity index (χ1) is 13.8. The fraction of sp³-hybridized carbons (Fsp3) is 0.333. The van der Waals surface area contributed by atoms with Crippen molar-refractivity contribution in [2.24, 2.45) is 5.73 Å². The topological polar surface area (TPSA) is 72.9 Å². The Morgan fingerprint density at radius 2 is 1.83 bits per heavy atom. The largest absolute Gasteiger partial charge is 0.354 e. The summed E-state index contributed by atoms with van der Waals surface area (Å²) in [6.45, 7) is 7.64. The highest BCUT2D eigenvalue weighted by molar-refractivity contribution is 5.81. The number of nitrogens with zero attached hydrogens (tertiary/aromatic N) is 2. The first kappa shape index (κ1) is 20.8. The van der Waals surface area contributed by atoms with E-state index in [4.69, 9.17) is 5.73 Å². The van der Waals surface area contributed by atoms with E-state index in [1.807, 2.05) is 41.1 Å². The average Bonchev–Trinajstić information content (AvgIpc) is 3.13. The van der Waals surface area contributed by atoms with Gasteiger partial charge in [0, 0.05) is 31.1 Å².